The Kier molecular flexibility index (Phi) is 5.81. The number of hydrogen-bond donors (Lipinski definition) is 2. The average molecular weight is 325 g/mol. The van der Waals surface area contributed by atoms with Gasteiger partial charge in [-0.15, -0.1) is 23.7 Å². The first-order chi connectivity index (χ1) is 9.40. The smallest absolute Gasteiger partial charge is 0.251 e. The summed E-state index contributed by atoms with van der Waals surface area (Å²) in [5.41, 5.74) is 7.87. The quantitative estimate of drug-likeness (QED) is 0.841. The molecular formula is C16H21ClN2OS. The zero-order valence-corrected chi connectivity index (χ0v) is 14.1. The molecule has 2 rings (SSSR count). The Morgan fingerprint density at radius 1 is 1.33 bits per heavy atom. The summed E-state index contributed by atoms with van der Waals surface area (Å²) in [4.78, 5) is 13.5. The number of carbonyl (C=O) groups is 1. The van der Waals surface area contributed by atoms with E-state index in [-0.39, 0.29) is 23.7 Å². The number of nitrogen functional groups attached to an aromatic ring is 1. The van der Waals surface area contributed by atoms with Crippen LogP contribution in [-0.2, 0) is 5.41 Å². The normalized spacial score (nSPS) is 10.8. The first-order valence-corrected chi connectivity index (χ1v) is 7.46. The summed E-state index contributed by atoms with van der Waals surface area (Å²) in [5, 5.41) is 5.06. The highest BCUT2D eigenvalue weighted by Gasteiger charge is 2.23. The molecular weight excluding hydrogens is 304 g/mol. The summed E-state index contributed by atoms with van der Waals surface area (Å²) >= 11 is 1.71. The van der Waals surface area contributed by atoms with Crippen molar-refractivity contribution in [1.82, 2.24) is 5.32 Å². The van der Waals surface area contributed by atoms with Crippen LogP contribution in [0.1, 0.15) is 34.6 Å². The number of halogens is 1. The highest BCUT2D eigenvalue weighted by molar-refractivity contribution is 7.10. The van der Waals surface area contributed by atoms with E-state index in [9.17, 15) is 4.79 Å². The van der Waals surface area contributed by atoms with Crippen LogP contribution in [0.5, 0.6) is 0 Å². The lowest BCUT2D eigenvalue weighted by Crippen LogP contribution is -2.36. The molecule has 0 saturated heterocycles. The van der Waals surface area contributed by atoms with Gasteiger partial charge in [0, 0.05) is 28.1 Å². The third-order valence-electron chi connectivity index (χ3n) is 3.39. The molecule has 0 spiro atoms. The maximum absolute atomic E-state index is 12.3. The minimum atomic E-state index is -0.0714. The maximum atomic E-state index is 12.3. The lowest BCUT2D eigenvalue weighted by molar-refractivity contribution is 0.0945. The van der Waals surface area contributed by atoms with Gasteiger partial charge in [0.2, 0.25) is 0 Å². The number of nitrogens with two attached hydrogens (primary N) is 1. The number of benzene rings is 1. The number of carbonyl (C=O) groups excluding carboxylic acids is 1. The Bertz CT molecular complexity index is 609. The first kappa shape index (κ1) is 17.5. The summed E-state index contributed by atoms with van der Waals surface area (Å²) in [6, 6.07) is 9.54. The molecule has 21 heavy (non-hydrogen) atoms. The molecule has 0 radical (unpaired) electrons. The van der Waals surface area contributed by atoms with E-state index in [1.807, 2.05) is 25.1 Å². The van der Waals surface area contributed by atoms with Crippen molar-refractivity contribution < 1.29 is 4.79 Å². The Labute approximate surface area is 136 Å². The van der Waals surface area contributed by atoms with E-state index in [2.05, 4.69) is 30.6 Å². The van der Waals surface area contributed by atoms with Gasteiger partial charge in [0.1, 0.15) is 0 Å². The Morgan fingerprint density at radius 2 is 2.05 bits per heavy atom. The Hall–Kier alpha value is -1.52. The van der Waals surface area contributed by atoms with Gasteiger partial charge in [-0.3, -0.25) is 4.79 Å². The molecule has 1 aromatic carbocycles. The van der Waals surface area contributed by atoms with Crippen LogP contribution < -0.4 is 11.1 Å². The number of amides is 1. The van der Waals surface area contributed by atoms with Crippen molar-refractivity contribution in [2.75, 3.05) is 12.3 Å². The lowest BCUT2D eigenvalue weighted by Gasteiger charge is -2.24. The van der Waals surface area contributed by atoms with Gasteiger partial charge in [-0.2, -0.15) is 0 Å². The SMILES string of the molecule is Cc1ccc(N)cc1C(=O)NCC(C)(C)c1cccs1.Cl. The van der Waals surface area contributed by atoms with E-state index >= 15 is 0 Å². The second kappa shape index (κ2) is 6.96. The summed E-state index contributed by atoms with van der Waals surface area (Å²) in [7, 11) is 0. The molecule has 0 atom stereocenters. The van der Waals surface area contributed by atoms with Gasteiger partial charge in [0.15, 0.2) is 0 Å². The van der Waals surface area contributed by atoms with Crippen molar-refractivity contribution >= 4 is 35.3 Å². The molecule has 1 heterocycles. The largest absolute Gasteiger partial charge is 0.399 e. The fraction of sp³-hybridized carbons (Fsp3) is 0.312. The second-order valence-corrected chi connectivity index (χ2v) is 6.57. The fourth-order valence-corrected chi connectivity index (χ4v) is 2.88. The number of thiophene rings is 1. The third kappa shape index (κ3) is 4.22. The molecule has 0 unspecified atom stereocenters. The molecule has 114 valence electrons. The van der Waals surface area contributed by atoms with Crippen LogP contribution in [0.2, 0.25) is 0 Å². The molecule has 0 aliphatic rings. The van der Waals surface area contributed by atoms with E-state index in [1.54, 1.807) is 17.4 Å². The van der Waals surface area contributed by atoms with Crippen molar-refractivity contribution in [2.24, 2.45) is 0 Å². The predicted octanol–water partition coefficient (Wildman–Crippen LogP) is 3.77. The molecule has 3 nitrogen and oxygen atoms in total. The van der Waals surface area contributed by atoms with Crippen molar-refractivity contribution in [3.8, 4) is 0 Å². The third-order valence-corrected chi connectivity index (χ3v) is 4.62. The molecule has 3 N–H and O–H groups in total. The Morgan fingerprint density at radius 3 is 2.67 bits per heavy atom. The zero-order valence-electron chi connectivity index (χ0n) is 12.5. The summed E-state index contributed by atoms with van der Waals surface area (Å²) < 4.78 is 0. The molecule has 2 aromatic rings. The molecule has 0 saturated carbocycles. The molecule has 1 amide bonds. The van der Waals surface area contributed by atoms with Crippen LogP contribution in [-0.4, -0.2) is 12.5 Å². The standard InChI is InChI=1S/C16H20N2OS.ClH/c1-11-6-7-12(17)9-13(11)15(19)18-10-16(2,3)14-5-4-8-20-14;/h4-9H,10,17H2,1-3H3,(H,18,19);1H. The van der Waals surface area contributed by atoms with Crippen LogP contribution >= 0.6 is 23.7 Å². The Balaban J connectivity index is 0.00000220. The molecule has 1 aromatic heterocycles. The number of rotatable bonds is 4. The van der Waals surface area contributed by atoms with Gasteiger partial charge in [0.25, 0.3) is 5.91 Å². The highest BCUT2D eigenvalue weighted by Crippen LogP contribution is 2.26. The predicted molar refractivity (Wildman–Crippen MR) is 92.5 cm³/mol. The fourth-order valence-electron chi connectivity index (χ4n) is 2.03. The second-order valence-electron chi connectivity index (χ2n) is 5.62. The summed E-state index contributed by atoms with van der Waals surface area (Å²) in [6.07, 6.45) is 0. The van der Waals surface area contributed by atoms with Crippen LogP contribution in [0.4, 0.5) is 5.69 Å². The minimum absolute atomic E-state index is 0. The zero-order chi connectivity index (χ0) is 14.8. The van der Waals surface area contributed by atoms with Gasteiger partial charge in [0.05, 0.1) is 0 Å². The molecule has 0 aliphatic carbocycles. The highest BCUT2D eigenvalue weighted by atomic mass is 35.5. The van der Waals surface area contributed by atoms with Gasteiger partial charge in [-0.1, -0.05) is 26.0 Å². The number of nitrogens with one attached hydrogen (secondary N) is 1. The van der Waals surface area contributed by atoms with Crippen LogP contribution in [0.25, 0.3) is 0 Å². The van der Waals surface area contributed by atoms with Crippen LogP contribution in [0, 0.1) is 6.92 Å². The van der Waals surface area contributed by atoms with E-state index in [0.29, 0.717) is 17.8 Å². The average Bonchev–Trinajstić information content (AvgIpc) is 2.93. The van der Waals surface area contributed by atoms with Gasteiger partial charge in [-0.25, -0.2) is 0 Å². The molecule has 0 aliphatic heterocycles. The van der Waals surface area contributed by atoms with Crippen LogP contribution in [0.3, 0.4) is 0 Å². The van der Waals surface area contributed by atoms with Crippen molar-refractivity contribution in [3.63, 3.8) is 0 Å². The topological polar surface area (TPSA) is 55.1 Å². The van der Waals surface area contributed by atoms with Gasteiger partial charge < -0.3 is 11.1 Å². The van der Waals surface area contributed by atoms with Gasteiger partial charge in [-0.05, 0) is 36.1 Å². The van der Waals surface area contributed by atoms with E-state index in [0.717, 1.165) is 5.56 Å². The van der Waals surface area contributed by atoms with Crippen molar-refractivity contribution in [2.45, 2.75) is 26.2 Å². The number of hydrogen-bond acceptors (Lipinski definition) is 3. The monoisotopic (exact) mass is 324 g/mol. The van der Waals surface area contributed by atoms with E-state index in [1.165, 1.54) is 4.88 Å². The van der Waals surface area contributed by atoms with Gasteiger partial charge >= 0.3 is 0 Å². The first-order valence-electron chi connectivity index (χ1n) is 6.58. The minimum Gasteiger partial charge on any atom is -0.399 e. The molecule has 0 fully saturated rings. The lowest BCUT2D eigenvalue weighted by atomic mass is 9.91. The summed E-state index contributed by atoms with van der Waals surface area (Å²) in [5.74, 6) is -0.0700. The van der Waals surface area contributed by atoms with E-state index < -0.39 is 0 Å². The van der Waals surface area contributed by atoms with E-state index in [4.69, 9.17) is 5.73 Å². The number of anilines is 1. The molecule has 5 heteroatoms. The number of aryl methyl sites for hydroxylation is 1. The van der Waals surface area contributed by atoms with Crippen molar-refractivity contribution in [3.05, 3.63) is 51.7 Å². The van der Waals surface area contributed by atoms with Crippen LogP contribution in [0.15, 0.2) is 35.7 Å². The maximum Gasteiger partial charge on any atom is 0.251 e. The molecule has 0 bridgehead atoms. The summed E-state index contributed by atoms with van der Waals surface area (Å²) in [6.45, 7) is 6.77. The van der Waals surface area contributed by atoms with Crippen molar-refractivity contribution in [1.29, 1.82) is 0 Å².